The van der Waals surface area contributed by atoms with E-state index in [0.29, 0.717) is 24.0 Å². The highest BCUT2D eigenvalue weighted by atomic mass is 79.9. The molecule has 1 fully saturated rings. The van der Waals surface area contributed by atoms with Gasteiger partial charge in [0, 0.05) is 42.9 Å². The number of ketones is 1. The Labute approximate surface area is 240 Å². The number of rotatable bonds is 8. The third-order valence-electron chi connectivity index (χ3n) is 6.49. The quantitative estimate of drug-likeness (QED) is 0.157. The highest BCUT2D eigenvalue weighted by Gasteiger charge is 2.31. The van der Waals surface area contributed by atoms with E-state index in [2.05, 4.69) is 26.0 Å². The van der Waals surface area contributed by atoms with Crippen LogP contribution >= 0.6 is 15.9 Å². The highest BCUT2D eigenvalue weighted by Crippen LogP contribution is 2.39. The zero-order valence-corrected chi connectivity index (χ0v) is 24.5. The molecule has 5 rings (SSSR count). The van der Waals surface area contributed by atoms with E-state index in [1.807, 2.05) is 33.0 Å². The molecule has 11 heteroatoms. The monoisotopic (exact) mass is 614 g/mol. The Hall–Kier alpha value is -3.57. The number of ether oxygens (including phenoxy) is 2. The lowest BCUT2D eigenvalue weighted by Gasteiger charge is -2.23. The van der Waals surface area contributed by atoms with Gasteiger partial charge in [0.15, 0.2) is 5.76 Å². The number of carbonyl (C=O) groups is 2. The fraction of sp³-hybridized carbons (Fsp3) is 0.379. The lowest BCUT2D eigenvalue weighted by Crippen LogP contribution is -2.35. The lowest BCUT2D eigenvalue weighted by molar-refractivity contribution is 0.101. The fourth-order valence-electron chi connectivity index (χ4n) is 4.57. The number of halogens is 2. The molecule has 0 N–H and O–H groups in total. The third kappa shape index (κ3) is 6.10. The van der Waals surface area contributed by atoms with E-state index in [-0.39, 0.29) is 36.3 Å². The molecule has 3 aromatic heterocycles. The van der Waals surface area contributed by atoms with Crippen molar-refractivity contribution in [2.75, 3.05) is 24.7 Å². The van der Waals surface area contributed by atoms with E-state index in [1.54, 1.807) is 23.9 Å². The zero-order chi connectivity index (χ0) is 28.8. The SMILES string of the molecule is CC.CCOC(=O)N(CCC1CCCO1)c1c(C(=O)c2ccc(F)nc2)oc2ccc(-c3cnn(C)c3Br)cc12. The summed E-state index contributed by atoms with van der Waals surface area (Å²) < 4.78 is 33.2. The van der Waals surface area contributed by atoms with Gasteiger partial charge >= 0.3 is 6.09 Å². The van der Waals surface area contributed by atoms with Gasteiger partial charge in [0.1, 0.15) is 15.9 Å². The second-order valence-electron chi connectivity index (χ2n) is 8.94. The molecule has 4 heterocycles. The van der Waals surface area contributed by atoms with Gasteiger partial charge in [-0.2, -0.15) is 9.49 Å². The summed E-state index contributed by atoms with van der Waals surface area (Å²) in [6, 6.07) is 7.89. The maximum absolute atomic E-state index is 13.6. The molecule has 1 aliphatic rings. The summed E-state index contributed by atoms with van der Waals surface area (Å²) >= 11 is 3.56. The van der Waals surface area contributed by atoms with Gasteiger partial charge in [0.25, 0.3) is 0 Å². The predicted molar refractivity (Wildman–Crippen MR) is 153 cm³/mol. The lowest BCUT2D eigenvalue weighted by atomic mass is 10.0. The Morgan fingerprint density at radius 2 is 2.02 bits per heavy atom. The number of aromatic nitrogens is 3. The number of amides is 1. The van der Waals surface area contributed by atoms with E-state index in [1.165, 1.54) is 11.0 Å². The first-order valence-corrected chi connectivity index (χ1v) is 14.1. The van der Waals surface area contributed by atoms with Crippen LogP contribution in [0, 0.1) is 5.95 Å². The molecule has 4 aromatic rings. The minimum atomic E-state index is -0.706. The summed E-state index contributed by atoms with van der Waals surface area (Å²) in [5.74, 6) is -1.29. The summed E-state index contributed by atoms with van der Waals surface area (Å²) in [6.07, 6.45) is 4.69. The van der Waals surface area contributed by atoms with E-state index < -0.39 is 17.8 Å². The van der Waals surface area contributed by atoms with Gasteiger partial charge in [-0.05, 0) is 71.9 Å². The van der Waals surface area contributed by atoms with Gasteiger partial charge in [0.05, 0.1) is 18.9 Å². The van der Waals surface area contributed by atoms with Crippen LogP contribution in [-0.4, -0.2) is 52.5 Å². The fourth-order valence-corrected chi connectivity index (χ4v) is 5.00. The molecular formula is C29H32BrFN4O5. The van der Waals surface area contributed by atoms with Gasteiger partial charge in [-0.3, -0.25) is 14.4 Å². The van der Waals surface area contributed by atoms with Crippen LogP contribution < -0.4 is 4.90 Å². The van der Waals surface area contributed by atoms with Crippen molar-refractivity contribution in [3.05, 3.63) is 64.6 Å². The predicted octanol–water partition coefficient (Wildman–Crippen LogP) is 6.92. The number of hydrogen-bond acceptors (Lipinski definition) is 7. The number of pyridine rings is 1. The molecule has 0 saturated carbocycles. The molecule has 0 bridgehead atoms. The topological polar surface area (TPSA) is 99.7 Å². The van der Waals surface area contributed by atoms with Crippen LogP contribution in [0.15, 0.2) is 51.7 Å². The van der Waals surface area contributed by atoms with E-state index in [4.69, 9.17) is 13.9 Å². The smallest absolute Gasteiger partial charge is 0.414 e. The molecule has 0 aliphatic carbocycles. The molecule has 1 unspecified atom stereocenters. The third-order valence-corrected chi connectivity index (χ3v) is 7.43. The van der Waals surface area contributed by atoms with Crippen molar-refractivity contribution in [2.24, 2.45) is 7.05 Å². The number of hydrogen-bond donors (Lipinski definition) is 0. The van der Waals surface area contributed by atoms with Crippen molar-refractivity contribution in [2.45, 2.75) is 46.1 Å². The summed E-state index contributed by atoms with van der Waals surface area (Å²) in [5, 5.41) is 4.85. The van der Waals surface area contributed by atoms with Crippen LogP contribution in [0.4, 0.5) is 14.9 Å². The summed E-state index contributed by atoms with van der Waals surface area (Å²) in [5.41, 5.74) is 2.47. The van der Waals surface area contributed by atoms with Crippen LogP contribution in [0.5, 0.6) is 0 Å². The summed E-state index contributed by atoms with van der Waals surface area (Å²) in [7, 11) is 1.82. The van der Waals surface area contributed by atoms with Crippen LogP contribution in [0.3, 0.4) is 0 Å². The number of fused-ring (bicyclic) bond motifs is 1. The molecule has 1 aliphatic heterocycles. The first-order chi connectivity index (χ1) is 19.4. The van der Waals surface area contributed by atoms with Crippen molar-refractivity contribution in [1.29, 1.82) is 0 Å². The maximum Gasteiger partial charge on any atom is 0.414 e. The number of benzene rings is 1. The molecule has 1 atom stereocenters. The van der Waals surface area contributed by atoms with Crippen molar-refractivity contribution in [3.8, 4) is 11.1 Å². The maximum atomic E-state index is 13.6. The van der Waals surface area contributed by atoms with E-state index >= 15 is 0 Å². The highest BCUT2D eigenvalue weighted by molar-refractivity contribution is 9.10. The van der Waals surface area contributed by atoms with Crippen molar-refractivity contribution >= 4 is 44.5 Å². The molecule has 1 saturated heterocycles. The molecule has 9 nitrogen and oxygen atoms in total. The van der Waals surface area contributed by atoms with Crippen molar-refractivity contribution < 1.29 is 27.9 Å². The first-order valence-electron chi connectivity index (χ1n) is 13.3. The van der Waals surface area contributed by atoms with Crippen LogP contribution in [0.2, 0.25) is 0 Å². The average Bonchev–Trinajstić information content (AvgIpc) is 3.70. The van der Waals surface area contributed by atoms with Crippen molar-refractivity contribution in [1.82, 2.24) is 14.8 Å². The molecule has 40 heavy (non-hydrogen) atoms. The molecule has 0 spiro atoms. The molecule has 1 aromatic carbocycles. The molecule has 212 valence electrons. The zero-order valence-electron chi connectivity index (χ0n) is 22.9. The largest absolute Gasteiger partial charge is 0.450 e. The van der Waals surface area contributed by atoms with Crippen LogP contribution in [0.25, 0.3) is 22.1 Å². The Balaban J connectivity index is 0.00000181. The minimum absolute atomic E-state index is 0.00690. The first kappa shape index (κ1) is 29.4. The average molecular weight is 616 g/mol. The van der Waals surface area contributed by atoms with Crippen molar-refractivity contribution in [3.63, 3.8) is 0 Å². The second-order valence-corrected chi connectivity index (χ2v) is 9.69. The van der Waals surface area contributed by atoms with Gasteiger partial charge < -0.3 is 13.9 Å². The van der Waals surface area contributed by atoms with Gasteiger partial charge in [-0.1, -0.05) is 19.9 Å². The van der Waals surface area contributed by atoms with E-state index in [9.17, 15) is 14.0 Å². The Morgan fingerprint density at radius 1 is 1.23 bits per heavy atom. The molecular weight excluding hydrogens is 583 g/mol. The summed E-state index contributed by atoms with van der Waals surface area (Å²) in [6.45, 7) is 6.81. The number of aryl methyl sites for hydroxylation is 1. The Kier molecular flexibility index (Phi) is 9.70. The standard InChI is InChI=1S/C27H26BrFN4O5.C2H6/c1-3-36-27(35)33(11-10-18-5-4-12-37-18)23-19-13-16(20-15-31-32(2)26(20)28)6-8-21(19)38-25(23)24(34)17-7-9-22(29)30-14-17;1-2/h6-9,13-15,18H,3-5,10-12H2,1-2H3;1-2H3. The van der Waals surface area contributed by atoms with Gasteiger partial charge in [-0.25, -0.2) is 9.78 Å². The summed E-state index contributed by atoms with van der Waals surface area (Å²) in [4.78, 5) is 32.0. The molecule has 0 radical (unpaired) electrons. The number of nitrogens with zero attached hydrogens (tertiary/aromatic N) is 4. The number of carbonyl (C=O) groups excluding carboxylic acids is 2. The Bertz CT molecular complexity index is 1480. The molecule has 1 amide bonds. The van der Waals surface area contributed by atoms with E-state index in [0.717, 1.165) is 40.8 Å². The number of anilines is 1. The minimum Gasteiger partial charge on any atom is -0.450 e. The Morgan fingerprint density at radius 3 is 2.65 bits per heavy atom. The van der Waals surface area contributed by atoms with Crippen LogP contribution in [-0.2, 0) is 16.5 Å². The normalized spacial score (nSPS) is 14.6. The van der Waals surface area contributed by atoms with Gasteiger partial charge in [-0.15, -0.1) is 0 Å². The second kappa shape index (κ2) is 13.2. The van der Waals surface area contributed by atoms with Crippen LogP contribution in [0.1, 0.15) is 56.2 Å². The number of furan rings is 1. The van der Waals surface area contributed by atoms with Gasteiger partial charge in [0.2, 0.25) is 11.7 Å².